The first-order valence-electron chi connectivity index (χ1n) is 6.01. The van der Waals surface area contributed by atoms with Crippen LogP contribution in [0.5, 0.6) is 5.75 Å². The minimum atomic E-state index is 0.755. The lowest BCUT2D eigenvalue weighted by molar-refractivity contribution is 0.140. The van der Waals surface area contributed by atoms with Gasteiger partial charge in [-0.2, -0.15) is 0 Å². The quantitative estimate of drug-likeness (QED) is 0.808. The highest BCUT2D eigenvalue weighted by atomic mass is 16.5. The third-order valence-electron chi connectivity index (χ3n) is 2.95. The normalized spacial score (nSPS) is 17.7. The molecule has 0 unspecified atom stereocenters. The van der Waals surface area contributed by atoms with Crippen molar-refractivity contribution in [2.24, 2.45) is 0 Å². The molecule has 2 rings (SSSR count). The number of methoxy groups -OCH3 is 1. The molecule has 0 radical (unpaired) electrons. The van der Waals surface area contributed by atoms with Crippen LogP contribution in [-0.2, 0) is 11.3 Å². The monoisotopic (exact) mass is 236 g/mol. The van der Waals surface area contributed by atoms with Crippen LogP contribution in [0.3, 0.4) is 0 Å². The molecule has 1 aromatic rings. The van der Waals surface area contributed by atoms with E-state index < -0.39 is 0 Å². The maximum atomic E-state index is 5.85. The van der Waals surface area contributed by atoms with Crippen LogP contribution in [0.15, 0.2) is 18.2 Å². The zero-order valence-corrected chi connectivity index (χ0v) is 10.3. The first kappa shape index (κ1) is 12.2. The second kappa shape index (κ2) is 5.89. The van der Waals surface area contributed by atoms with E-state index in [1.54, 1.807) is 7.11 Å². The average Bonchev–Trinajstić information content (AvgIpc) is 2.57. The summed E-state index contributed by atoms with van der Waals surface area (Å²) in [6, 6.07) is 5.89. The van der Waals surface area contributed by atoms with Gasteiger partial charge in [0.15, 0.2) is 0 Å². The Morgan fingerprint density at radius 3 is 3.00 bits per heavy atom. The van der Waals surface area contributed by atoms with Crippen molar-refractivity contribution in [1.82, 2.24) is 4.90 Å². The molecule has 1 aliphatic rings. The SMILES string of the molecule is COc1cc(N)cc(CN2CCCOCC2)c1. The van der Waals surface area contributed by atoms with Crippen molar-refractivity contribution in [2.75, 3.05) is 39.1 Å². The Labute approximate surface area is 102 Å². The van der Waals surface area contributed by atoms with E-state index >= 15 is 0 Å². The number of ether oxygens (including phenoxy) is 2. The molecule has 1 aromatic carbocycles. The van der Waals surface area contributed by atoms with Crippen LogP contribution in [0.1, 0.15) is 12.0 Å². The molecule has 1 heterocycles. The summed E-state index contributed by atoms with van der Waals surface area (Å²) in [4.78, 5) is 2.39. The third kappa shape index (κ3) is 3.61. The van der Waals surface area contributed by atoms with Gasteiger partial charge in [0.1, 0.15) is 5.75 Å². The van der Waals surface area contributed by atoms with Crippen LogP contribution in [-0.4, -0.2) is 38.3 Å². The molecule has 0 aromatic heterocycles. The van der Waals surface area contributed by atoms with E-state index in [0.717, 1.165) is 50.7 Å². The maximum Gasteiger partial charge on any atom is 0.121 e. The van der Waals surface area contributed by atoms with Crippen LogP contribution >= 0.6 is 0 Å². The largest absolute Gasteiger partial charge is 0.497 e. The smallest absolute Gasteiger partial charge is 0.121 e. The second-order valence-corrected chi connectivity index (χ2v) is 4.36. The van der Waals surface area contributed by atoms with Gasteiger partial charge in [-0.25, -0.2) is 0 Å². The number of nitrogen functional groups attached to an aromatic ring is 1. The Morgan fingerprint density at radius 2 is 2.18 bits per heavy atom. The summed E-state index contributed by atoms with van der Waals surface area (Å²) in [6.45, 7) is 4.66. The molecule has 0 bridgehead atoms. The summed E-state index contributed by atoms with van der Waals surface area (Å²) >= 11 is 0. The van der Waals surface area contributed by atoms with Crippen LogP contribution in [0.25, 0.3) is 0 Å². The van der Waals surface area contributed by atoms with Crippen LogP contribution in [0.4, 0.5) is 5.69 Å². The van der Waals surface area contributed by atoms with Crippen molar-refractivity contribution >= 4 is 5.69 Å². The Hall–Kier alpha value is -1.26. The van der Waals surface area contributed by atoms with E-state index in [-0.39, 0.29) is 0 Å². The van der Waals surface area contributed by atoms with Gasteiger partial charge in [-0.15, -0.1) is 0 Å². The minimum absolute atomic E-state index is 0.755. The van der Waals surface area contributed by atoms with Crippen molar-refractivity contribution < 1.29 is 9.47 Å². The van der Waals surface area contributed by atoms with Crippen molar-refractivity contribution in [3.05, 3.63) is 23.8 Å². The van der Waals surface area contributed by atoms with Gasteiger partial charge in [0.05, 0.1) is 13.7 Å². The first-order valence-corrected chi connectivity index (χ1v) is 6.01. The summed E-state index contributed by atoms with van der Waals surface area (Å²) in [6.07, 6.45) is 1.10. The lowest BCUT2D eigenvalue weighted by atomic mass is 10.1. The molecular weight excluding hydrogens is 216 g/mol. The molecule has 0 aliphatic carbocycles. The topological polar surface area (TPSA) is 47.7 Å². The van der Waals surface area contributed by atoms with Gasteiger partial charge in [-0.3, -0.25) is 4.90 Å². The van der Waals surface area contributed by atoms with E-state index in [1.165, 1.54) is 5.56 Å². The number of benzene rings is 1. The predicted octanol–water partition coefficient (Wildman–Crippen LogP) is 1.50. The highest BCUT2D eigenvalue weighted by Gasteiger charge is 2.10. The molecule has 17 heavy (non-hydrogen) atoms. The van der Waals surface area contributed by atoms with Crippen molar-refractivity contribution in [3.8, 4) is 5.75 Å². The highest BCUT2D eigenvalue weighted by molar-refractivity contribution is 5.47. The van der Waals surface area contributed by atoms with Gasteiger partial charge in [0.2, 0.25) is 0 Å². The lowest BCUT2D eigenvalue weighted by Crippen LogP contribution is -2.25. The molecule has 2 N–H and O–H groups in total. The standard InChI is InChI=1S/C13H20N2O2/c1-16-13-8-11(7-12(14)9-13)10-15-3-2-5-17-6-4-15/h7-9H,2-6,10,14H2,1H3. The fourth-order valence-electron chi connectivity index (χ4n) is 2.11. The Kier molecular flexibility index (Phi) is 4.23. The van der Waals surface area contributed by atoms with Gasteiger partial charge >= 0.3 is 0 Å². The molecule has 4 nitrogen and oxygen atoms in total. The minimum Gasteiger partial charge on any atom is -0.497 e. The zero-order chi connectivity index (χ0) is 12.1. The summed E-state index contributed by atoms with van der Waals surface area (Å²) in [5.41, 5.74) is 7.80. The van der Waals surface area contributed by atoms with E-state index in [1.807, 2.05) is 18.2 Å². The van der Waals surface area contributed by atoms with Gasteiger partial charge in [0.25, 0.3) is 0 Å². The molecule has 0 amide bonds. The number of anilines is 1. The zero-order valence-electron chi connectivity index (χ0n) is 10.3. The number of nitrogens with zero attached hydrogens (tertiary/aromatic N) is 1. The second-order valence-electron chi connectivity index (χ2n) is 4.36. The van der Waals surface area contributed by atoms with E-state index in [9.17, 15) is 0 Å². The van der Waals surface area contributed by atoms with Crippen LogP contribution in [0, 0.1) is 0 Å². The number of rotatable bonds is 3. The number of hydrogen-bond donors (Lipinski definition) is 1. The van der Waals surface area contributed by atoms with Crippen molar-refractivity contribution in [3.63, 3.8) is 0 Å². The fraction of sp³-hybridized carbons (Fsp3) is 0.538. The molecule has 4 heteroatoms. The first-order chi connectivity index (χ1) is 8.28. The molecule has 1 fully saturated rings. The number of nitrogens with two attached hydrogens (primary N) is 1. The number of hydrogen-bond acceptors (Lipinski definition) is 4. The Bertz CT molecular complexity index is 360. The molecule has 0 saturated carbocycles. The van der Waals surface area contributed by atoms with Gasteiger partial charge in [-0.1, -0.05) is 0 Å². The summed E-state index contributed by atoms with van der Waals surface area (Å²) in [5.74, 6) is 0.825. The van der Waals surface area contributed by atoms with E-state index in [0.29, 0.717) is 0 Å². The molecule has 0 spiro atoms. The molecule has 0 atom stereocenters. The van der Waals surface area contributed by atoms with Crippen LogP contribution in [0.2, 0.25) is 0 Å². The fourth-order valence-corrected chi connectivity index (χ4v) is 2.11. The Morgan fingerprint density at radius 1 is 1.29 bits per heavy atom. The predicted molar refractivity (Wildman–Crippen MR) is 68.1 cm³/mol. The summed E-state index contributed by atoms with van der Waals surface area (Å²) in [5, 5.41) is 0. The van der Waals surface area contributed by atoms with Crippen molar-refractivity contribution in [2.45, 2.75) is 13.0 Å². The lowest BCUT2D eigenvalue weighted by Gasteiger charge is -2.19. The van der Waals surface area contributed by atoms with E-state index in [2.05, 4.69) is 4.90 Å². The summed E-state index contributed by atoms with van der Waals surface area (Å²) in [7, 11) is 1.67. The van der Waals surface area contributed by atoms with Crippen molar-refractivity contribution in [1.29, 1.82) is 0 Å². The Balaban J connectivity index is 2.03. The molecular formula is C13H20N2O2. The maximum absolute atomic E-state index is 5.85. The van der Waals surface area contributed by atoms with Gasteiger partial charge < -0.3 is 15.2 Å². The van der Waals surface area contributed by atoms with Gasteiger partial charge in [0, 0.05) is 38.0 Å². The average molecular weight is 236 g/mol. The van der Waals surface area contributed by atoms with Gasteiger partial charge in [-0.05, 0) is 24.1 Å². The highest BCUT2D eigenvalue weighted by Crippen LogP contribution is 2.20. The third-order valence-corrected chi connectivity index (χ3v) is 2.95. The summed E-state index contributed by atoms with van der Waals surface area (Å²) < 4.78 is 10.7. The molecule has 94 valence electrons. The molecule has 1 aliphatic heterocycles. The van der Waals surface area contributed by atoms with Crippen LogP contribution < -0.4 is 10.5 Å². The molecule has 1 saturated heterocycles. The van der Waals surface area contributed by atoms with E-state index in [4.69, 9.17) is 15.2 Å².